The van der Waals surface area contributed by atoms with E-state index in [1.54, 1.807) is 6.08 Å². The Balaban J connectivity index is 1.69. The molecule has 0 fully saturated rings. The van der Waals surface area contributed by atoms with E-state index in [0.29, 0.717) is 15.0 Å². The predicted molar refractivity (Wildman–Crippen MR) is 108 cm³/mol. The van der Waals surface area contributed by atoms with E-state index in [-0.39, 0.29) is 0 Å². The number of thiocarbonyl (C=S) groups is 1. The van der Waals surface area contributed by atoms with Crippen LogP contribution in [0.2, 0.25) is 0 Å². The molecule has 0 spiro atoms. The summed E-state index contributed by atoms with van der Waals surface area (Å²) < 4.78 is 6.29. The number of aldehydes is 1. The van der Waals surface area contributed by atoms with Gasteiger partial charge in [-0.1, -0.05) is 72.5 Å². The molecule has 0 aliphatic carbocycles. The zero-order valence-electron chi connectivity index (χ0n) is 13.2. The molecule has 124 valence electrons. The highest BCUT2D eigenvalue weighted by atomic mass is 32.2. The van der Waals surface area contributed by atoms with Crippen molar-refractivity contribution in [2.24, 2.45) is 0 Å². The zero-order chi connectivity index (χ0) is 17.5. The number of anilines is 1. The molecule has 5 heteroatoms. The Morgan fingerprint density at radius 3 is 2.32 bits per heavy atom. The number of carbonyl (C=O) groups is 1. The van der Waals surface area contributed by atoms with Crippen molar-refractivity contribution < 1.29 is 9.21 Å². The first-order valence-corrected chi connectivity index (χ1v) is 8.83. The van der Waals surface area contributed by atoms with Gasteiger partial charge in [0, 0.05) is 11.3 Å². The summed E-state index contributed by atoms with van der Waals surface area (Å²) in [6, 6.07) is 23.1. The first kappa shape index (κ1) is 17.2. The maximum Gasteiger partial charge on any atom is 0.156 e. The van der Waals surface area contributed by atoms with Crippen LogP contribution in [0.4, 0.5) is 5.69 Å². The number of allylic oxidation sites excluding steroid dienone is 1. The van der Waals surface area contributed by atoms with Crippen LogP contribution in [0.3, 0.4) is 0 Å². The highest BCUT2D eigenvalue weighted by Crippen LogP contribution is 2.25. The van der Waals surface area contributed by atoms with E-state index in [0.717, 1.165) is 23.3 Å². The minimum atomic E-state index is 0.474. The molecule has 3 rings (SSSR count). The lowest BCUT2D eigenvalue weighted by molar-refractivity contribution is -0.104. The van der Waals surface area contributed by atoms with Crippen LogP contribution in [-0.2, 0) is 4.79 Å². The smallest absolute Gasteiger partial charge is 0.156 e. The lowest BCUT2D eigenvalue weighted by atomic mass is 10.2. The average Bonchev–Trinajstić information content (AvgIpc) is 3.11. The molecule has 3 aromatic rings. The van der Waals surface area contributed by atoms with Gasteiger partial charge in [0.25, 0.3) is 0 Å². The van der Waals surface area contributed by atoms with Crippen molar-refractivity contribution in [3.05, 3.63) is 83.5 Å². The number of benzene rings is 2. The number of furan rings is 1. The van der Waals surface area contributed by atoms with Gasteiger partial charge in [0.15, 0.2) is 6.29 Å². The molecule has 2 aromatic carbocycles. The summed E-state index contributed by atoms with van der Waals surface area (Å²) in [5.74, 6) is 1.36. The first-order valence-electron chi connectivity index (χ1n) is 7.60. The minimum absolute atomic E-state index is 0.474. The largest absolute Gasteiger partial charge is 0.457 e. The zero-order valence-corrected chi connectivity index (χ0v) is 14.8. The van der Waals surface area contributed by atoms with Crippen LogP contribution in [0.5, 0.6) is 0 Å². The van der Waals surface area contributed by atoms with Gasteiger partial charge in [-0.15, -0.1) is 0 Å². The van der Waals surface area contributed by atoms with Crippen LogP contribution in [-0.4, -0.2) is 10.6 Å². The minimum Gasteiger partial charge on any atom is -0.457 e. The van der Waals surface area contributed by atoms with Crippen molar-refractivity contribution in [1.29, 1.82) is 0 Å². The third-order valence-electron chi connectivity index (χ3n) is 3.32. The fraction of sp³-hybridized carbons (Fsp3) is 0. The lowest BCUT2D eigenvalue weighted by Crippen LogP contribution is -2.04. The van der Waals surface area contributed by atoms with Gasteiger partial charge in [-0.2, -0.15) is 0 Å². The van der Waals surface area contributed by atoms with E-state index >= 15 is 0 Å². The van der Waals surface area contributed by atoms with Crippen LogP contribution in [0.1, 0.15) is 5.76 Å². The number of para-hydroxylation sites is 1. The van der Waals surface area contributed by atoms with Crippen LogP contribution >= 0.6 is 24.0 Å². The third kappa shape index (κ3) is 4.92. The molecule has 3 nitrogen and oxygen atoms in total. The number of thioether (sulfide) groups is 1. The van der Waals surface area contributed by atoms with E-state index < -0.39 is 0 Å². The summed E-state index contributed by atoms with van der Waals surface area (Å²) in [6.07, 6.45) is 2.46. The highest BCUT2D eigenvalue weighted by molar-refractivity contribution is 8.26. The van der Waals surface area contributed by atoms with Gasteiger partial charge in [-0.3, -0.25) is 4.79 Å². The molecule has 0 saturated heterocycles. The molecule has 0 unspecified atom stereocenters. The normalized spacial score (nSPS) is 11.1. The van der Waals surface area contributed by atoms with Crippen LogP contribution < -0.4 is 5.32 Å². The Kier molecular flexibility index (Phi) is 5.82. The van der Waals surface area contributed by atoms with Crippen molar-refractivity contribution in [2.75, 3.05) is 5.32 Å². The SMILES string of the molecule is O=C/C(=C/c1ccc(-c2ccccc2)o1)SC(=S)Nc1ccccc1. The molecule has 0 bridgehead atoms. The lowest BCUT2D eigenvalue weighted by Gasteiger charge is -2.06. The second kappa shape index (κ2) is 8.46. The summed E-state index contributed by atoms with van der Waals surface area (Å²) in [7, 11) is 0. The molecule has 0 atom stereocenters. The predicted octanol–water partition coefficient (Wildman–Crippen LogP) is 5.62. The summed E-state index contributed by atoms with van der Waals surface area (Å²) >= 11 is 6.49. The van der Waals surface area contributed by atoms with Gasteiger partial charge in [0.2, 0.25) is 0 Å². The Morgan fingerprint density at radius 2 is 1.64 bits per heavy atom. The molecule has 0 amide bonds. The van der Waals surface area contributed by atoms with E-state index in [1.165, 1.54) is 11.8 Å². The van der Waals surface area contributed by atoms with Gasteiger partial charge >= 0.3 is 0 Å². The molecule has 1 N–H and O–H groups in total. The van der Waals surface area contributed by atoms with E-state index in [9.17, 15) is 4.79 Å². The maximum absolute atomic E-state index is 11.4. The summed E-state index contributed by atoms with van der Waals surface area (Å²) in [4.78, 5) is 11.8. The monoisotopic (exact) mass is 365 g/mol. The van der Waals surface area contributed by atoms with Gasteiger partial charge in [-0.05, 0) is 30.3 Å². The molecule has 1 aromatic heterocycles. The first-order chi connectivity index (χ1) is 12.2. The van der Waals surface area contributed by atoms with E-state index in [4.69, 9.17) is 16.6 Å². The van der Waals surface area contributed by atoms with Crippen LogP contribution in [0.15, 0.2) is 82.1 Å². The molecule has 0 saturated carbocycles. The summed E-state index contributed by atoms with van der Waals surface area (Å²) in [5, 5.41) is 3.09. The van der Waals surface area contributed by atoms with Crippen molar-refractivity contribution in [2.45, 2.75) is 0 Å². The average molecular weight is 365 g/mol. The molecule has 0 aliphatic heterocycles. The van der Waals surface area contributed by atoms with Crippen LogP contribution in [0.25, 0.3) is 17.4 Å². The molecular weight excluding hydrogens is 350 g/mol. The number of hydrogen-bond acceptors (Lipinski definition) is 4. The van der Waals surface area contributed by atoms with Gasteiger partial charge in [0.1, 0.15) is 15.8 Å². The third-order valence-corrected chi connectivity index (χ3v) is 4.41. The van der Waals surface area contributed by atoms with Gasteiger partial charge < -0.3 is 9.73 Å². The number of rotatable bonds is 5. The Hall–Kier alpha value is -2.63. The second-order valence-electron chi connectivity index (χ2n) is 5.11. The highest BCUT2D eigenvalue weighted by Gasteiger charge is 2.07. The Bertz CT molecular complexity index is 886. The molecular formula is C20H15NO2S2. The van der Waals surface area contributed by atoms with E-state index in [2.05, 4.69) is 5.32 Å². The van der Waals surface area contributed by atoms with Gasteiger partial charge in [-0.25, -0.2) is 0 Å². The Labute approximate surface area is 155 Å². The van der Waals surface area contributed by atoms with Crippen molar-refractivity contribution >= 4 is 46.3 Å². The molecule has 25 heavy (non-hydrogen) atoms. The fourth-order valence-corrected chi connectivity index (χ4v) is 3.20. The number of carbonyl (C=O) groups excluding carboxylic acids is 1. The standard InChI is InChI=1S/C20H15NO2S2/c22-14-18(25-20(24)21-16-9-5-2-6-10-16)13-17-11-12-19(23-17)15-7-3-1-4-8-15/h1-14H,(H,21,24)/b18-13-. The topological polar surface area (TPSA) is 42.2 Å². The van der Waals surface area contributed by atoms with Crippen LogP contribution in [0, 0.1) is 0 Å². The summed E-state index contributed by atoms with van der Waals surface area (Å²) in [6.45, 7) is 0. The van der Waals surface area contributed by atoms with Crippen molar-refractivity contribution in [1.82, 2.24) is 0 Å². The maximum atomic E-state index is 11.4. The fourth-order valence-electron chi connectivity index (χ4n) is 2.19. The summed E-state index contributed by atoms with van der Waals surface area (Å²) in [5.41, 5.74) is 1.87. The van der Waals surface area contributed by atoms with Gasteiger partial charge in [0.05, 0.1) is 4.91 Å². The number of nitrogens with one attached hydrogen (secondary N) is 1. The second-order valence-corrected chi connectivity index (χ2v) is 6.86. The van der Waals surface area contributed by atoms with Crippen molar-refractivity contribution in [3.8, 4) is 11.3 Å². The Morgan fingerprint density at radius 1 is 0.960 bits per heavy atom. The molecule has 1 heterocycles. The number of hydrogen-bond donors (Lipinski definition) is 1. The quantitative estimate of drug-likeness (QED) is 0.361. The van der Waals surface area contributed by atoms with E-state index in [1.807, 2.05) is 72.8 Å². The molecule has 0 radical (unpaired) electrons. The molecule has 0 aliphatic rings. The van der Waals surface area contributed by atoms with Crippen molar-refractivity contribution in [3.63, 3.8) is 0 Å².